The highest BCUT2D eigenvalue weighted by molar-refractivity contribution is 5.70. The van der Waals surface area contributed by atoms with Crippen LogP contribution in [0, 0.1) is 0 Å². The van der Waals surface area contributed by atoms with Gasteiger partial charge in [0.2, 0.25) is 0 Å². The SMILES string of the molecule is CC(=O)Oc1ccccc1CC=O. The number of hydrogen-bond donors (Lipinski definition) is 0. The van der Waals surface area contributed by atoms with Crippen molar-refractivity contribution in [3.05, 3.63) is 29.8 Å². The number of esters is 1. The first-order chi connectivity index (χ1) is 6.24. The summed E-state index contributed by atoms with van der Waals surface area (Å²) in [6.45, 7) is 1.33. The molecule has 0 aliphatic rings. The van der Waals surface area contributed by atoms with Crippen molar-refractivity contribution in [2.24, 2.45) is 0 Å². The van der Waals surface area contributed by atoms with Crippen LogP contribution in [0.4, 0.5) is 0 Å². The zero-order valence-corrected chi connectivity index (χ0v) is 7.32. The number of carbonyl (C=O) groups excluding carboxylic acids is 2. The average Bonchev–Trinajstić information content (AvgIpc) is 2.08. The van der Waals surface area contributed by atoms with E-state index in [1.54, 1.807) is 24.3 Å². The molecule has 0 atom stereocenters. The van der Waals surface area contributed by atoms with E-state index in [4.69, 9.17) is 4.74 Å². The maximum atomic E-state index is 10.7. The van der Waals surface area contributed by atoms with Crippen molar-refractivity contribution in [1.29, 1.82) is 0 Å². The molecule has 0 spiro atoms. The quantitative estimate of drug-likeness (QED) is 0.398. The van der Waals surface area contributed by atoms with Crippen molar-refractivity contribution in [3.63, 3.8) is 0 Å². The maximum absolute atomic E-state index is 10.7. The number of para-hydroxylation sites is 1. The van der Waals surface area contributed by atoms with E-state index in [1.165, 1.54) is 6.92 Å². The summed E-state index contributed by atoms with van der Waals surface area (Å²) in [6.07, 6.45) is 1.05. The number of carbonyl (C=O) groups is 2. The first kappa shape index (κ1) is 9.45. The third-order valence-corrected chi connectivity index (χ3v) is 1.53. The molecule has 1 aromatic rings. The maximum Gasteiger partial charge on any atom is 0.308 e. The first-order valence-electron chi connectivity index (χ1n) is 3.94. The molecule has 0 aliphatic heterocycles. The smallest absolute Gasteiger partial charge is 0.308 e. The predicted octanol–water partition coefficient (Wildman–Crippen LogP) is 1.35. The molecule has 0 radical (unpaired) electrons. The second-order valence-corrected chi connectivity index (χ2v) is 2.57. The molecule has 0 aliphatic carbocycles. The zero-order valence-electron chi connectivity index (χ0n) is 7.32. The van der Waals surface area contributed by atoms with E-state index in [0.29, 0.717) is 5.75 Å². The van der Waals surface area contributed by atoms with Crippen molar-refractivity contribution in [2.75, 3.05) is 0 Å². The van der Waals surface area contributed by atoms with Crippen molar-refractivity contribution < 1.29 is 14.3 Å². The van der Waals surface area contributed by atoms with Crippen LogP contribution in [0.1, 0.15) is 12.5 Å². The average molecular weight is 178 g/mol. The second-order valence-electron chi connectivity index (χ2n) is 2.57. The molecule has 0 N–H and O–H groups in total. The molecule has 0 saturated heterocycles. The first-order valence-corrected chi connectivity index (χ1v) is 3.94. The van der Waals surface area contributed by atoms with E-state index in [1.807, 2.05) is 0 Å². The molecule has 0 heterocycles. The van der Waals surface area contributed by atoms with Gasteiger partial charge in [-0.15, -0.1) is 0 Å². The van der Waals surface area contributed by atoms with Crippen LogP contribution in [-0.4, -0.2) is 12.3 Å². The van der Waals surface area contributed by atoms with Gasteiger partial charge in [0.25, 0.3) is 0 Å². The van der Waals surface area contributed by atoms with Crippen molar-refractivity contribution >= 4 is 12.3 Å². The van der Waals surface area contributed by atoms with Gasteiger partial charge in [-0.2, -0.15) is 0 Å². The van der Waals surface area contributed by atoms with Crippen LogP contribution < -0.4 is 4.74 Å². The van der Waals surface area contributed by atoms with Crippen molar-refractivity contribution in [3.8, 4) is 5.75 Å². The molecule has 0 amide bonds. The molecule has 3 heteroatoms. The lowest BCUT2D eigenvalue weighted by atomic mass is 10.1. The Bertz CT molecular complexity index is 318. The van der Waals surface area contributed by atoms with E-state index >= 15 is 0 Å². The summed E-state index contributed by atoms with van der Waals surface area (Å²) in [5.41, 5.74) is 0.729. The lowest BCUT2D eigenvalue weighted by Gasteiger charge is -2.04. The Balaban J connectivity index is 2.90. The molecular formula is C10H10O3. The minimum absolute atomic E-state index is 0.267. The van der Waals surface area contributed by atoms with Crippen LogP contribution in [-0.2, 0) is 16.0 Å². The molecule has 0 fully saturated rings. The normalized spacial score (nSPS) is 9.31. The highest BCUT2D eigenvalue weighted by Crippen LogP contribution is 2.17. The lowest BCUT2D eigenvalue weighted by Crippen LogP contribution is -2.04. The van der Waals surface area contributed by atoms with Crippen LogP contribution in [0.2, 0.25) is 0 Å². The Morgan fingerprint density at radius 1 is 1.46 bits per heavy atom. The number of benzene rings is 1. The van der Waals surface area contributed by atoms with Gasteiger partial charge in [-0.05, 0) is 6.07 Å². The Labute approximate surface area is 76.3 Å². The molecule has 0 aromatic heterocycles. The fraction of sp³-hybridized carbons (Fsp3) is 0.200. The fourth-order valence-corrected chi connectivity index (χ4v) is 1.02. The molecule has 1 rings (SSSR count). The molecule has 13 heavy (non-hydrogen) atoms. The summed E-state index contributed by atoms with van der Waals surface area (Å²) in [5.74, 6) is 0.0837. The minimum atomic E-state index is -0.377. The van der Waals surface area contributed by atoms with Gasteiger partial charge < -0.3 is 9.53 Å². The van der Waals surface area contributed by atoms with Gasteiger partial charge in [0, 0.05) is 18.9 Å². The Morgan fingerprint density at radius 3 is 2.77 bits per heavy atom. The predicted molar refractivity (Wildman–Crippen MR) is 47.5 cm³/mol. The number of hydrogen-bond acceptors (Lipinski definition) is 3. The fourth-order valence-electron chi connectivity index (χ4n) is 1.02. The van der Waals surface area contributed by atoms with Crippen LogP contribution >= 0.6 is 0 Å². The van der Waals surface area contributed by atoms with Gasteiger partial charge in [-0.1, -0.05) is 18.2 Å². The minimum Gasteiger partial charge on any atom is -0.426 e. The number of ether oxygens (including phenoxy) is 1. The molecule has 68 valence electrons. The summed E-state index contributed by atoms with van der Waals surface area (Å²) >= 11 is 0. The van der Waals surface area contributed by atoms with Gasteiger partial charge in [-0.25, -0.2) is 0 Å². The molecule has 0 bridgehead atoms. The highest BCUT2D eigenvalue weighted by Gasteiger charge is 2.03. The summed E-state index contributed by atoms with van der Waals surface area (Å²) in [6, 6.07) is 6.98. The molecule has 1 aromatic carbocycles. The molecular weight excluding hydrogens is 168 g/mol. The second kappa shape index (κ2) is 4.40. The zero-order chi connectivity index (χ0) is 9.68. The van der Waals surface area contributed by atoms with Crippen molar-refractivity contribution in [2.45, 2.75) is 13.3 Å². The van der Waals surface area contributed by atoms with Crippen LogP contribution in [0.25, 0.3) is 0 Å². The monoisotopic (exact) mass is 178 g/mol. The topological polar surface area (TPSA) is 43.4 Å². The van der Waals surface area contributed by atoms with Gasteiger partial charge in [0.15, 0.2) is 0 Å². The van der Waals surface area contributed by atoms with Gasteiger partial charge in [0.05, 0.1) is 0 Å². The van der Waals surface area contributed by atoms with Crippen LogP contribution in [0.5, 0.6) is 5.75 Å². The molecule has 0 saturated carbocycles. The van der Waals surface area contributed by atoms with Gasteiger partial charge in [0.1, 0.15) is 12.0 Å². The van der Waals surface area contributed by atoms with E-state index < -0.39 is 0 Å². The number of aldehydes is 1. The lowest BCUT2D eigenvalue weighted by molar-refractivity contribution is -0.132. The van der Waals surface area contributed by atoms with Crippen LogP contribution in [0.3, 0.4) is 0 Å². The van der Waals surface area contributed by atoms with Crippen LogP contribution in [0.15, 0.2) is 24.3 Å². The molecule has 3 nitrogen and oxygen atoms in total. The number of rotatable bonds is 3. The van der Waals surface area contributed by atoms with E-state index in [0.717, 1.165) is 11.8 Å². The summed E-state index contributed by atoms with van der Waals surface area (Å²) in [7, 11) is 0. The van der Waals surface area contributed by atoms with Crippen molar-refractivity contribution in [1.82, 2.24) is 0 Å². The third-order valence-electron chi connectivity index (χ3n) is 1.53. The van der Waals surface area contributed by atoms with Gasteiger partial charge >= 0.3 is 5.97 Å². The van der Waals surface area contributed by atoms with E-state index in [-0.39, 0.29) is 12.4 Å². The van der Waals surface area contributed by atoms with E-state index in [2.05, 4.69) is 0 Å². The largest absolute Gasteiger partial charge is 0.426 e. The summed E-state index contributed by atoms with van der Waals surface area (Å²) in [4.78, 5) is 20.9. The van der Waals surface area contributed by atoms with Gasteiger partial charge in [-0.3, -0.25) is 4.79 Å². The summed E-state index contributed by atoms with van der Waals surface area (Å²) < 4.78 is 4.90. The Kier molecular flexibility index (Phi) is 3.20. The summed E-state index contributed by atoms with van der Waals surface area (Å²) in [5, 5.41) is 0. The Morgan fingerprint density at radius 2 is 2.15 bits per heavy atom. The Hall–Kier alpha value is -1.64. The highest BCUT2D eigenvalue weighted by atomic mass is 16.5. The van der Waals surface area contributed by atoms with E-state index in [9.17, 15) is 9.59 Å². The standard InChI is InChI=1S/C10H10O3/c1-8(12)13-10-5-3-2-4-9(10)6-7-11/h2-5,7H,6H2,1H3. The third kappa shape index (κ3) is 2.71. The molecule has 0 unspecified atom stereocenters.